The van der Waals surface area contributed by atoms with Crippen LogP contribution >= 0.6 is 12.2 Å². The Balaban J connectivity index is 1.83. The summed E-state index contributed by atoms with van der Waals surface area (Å²) in [4.78, 5) is 14.0. The van der Waals surface area contributed by atoms with E-state index in [1.807, 2.05) is 6.92 Å². The zero-order valence-electron chi connectivity index (χ0n) is 15.1. The predicted molar refractivity (Wildman–Crippen MR) is 106 cm³/mol. The summed E-state index contributed by atoms with van der Waals surface area (Å²) in [5.41, 5.74) is 0. The summed E-state index contributed by atoms with van der Waals surface area (Å²) in [6.45, 7) is 10.4. The van der Waals surface area contributed by atoms with Crippen LogP contribution in [0.1, 0.15) is 26.7 Å². The van der Waals surface area contributed by atoms with E-state index in [0.717, 1.165) is 63.5 Å². The smallest absolute Gasteiger partial charge is 0.232 e. The van der Waals surface area contributed by atoms with Crippen molar-refractivity contribution in [1.29, 1.82) is 0 Å². The number of nitrogens with zero attached hydrogens (tertiary/aromatic N) is 4. The van der Waals surface area contributed by atoms with E-state index in [0.29, 0.717) is 11.1 Å². The minimum absolute atomic E-state index is 0.555. The molecule has 0 saturated carbocycles. The zero-order valence-corrected chi connectivity index (χ0v) is 15.9. The third-order valence-corrected chi connectivity index (χ3v) is 4.95. The lowest BCUT2D eigenvalue weighted by Crippen LogP contribution is -2.38. The van der Waals surface area contributed by atoms with Crippen LogP contribution in [0.25, 0.3) is 0 Å². The third-order valence-electron chi connectivity index (χ3n) is 4.70. The van der Waals surface area contributed by atoms with Crippen molar-refractivity contribution < 1.29 is 4.74 Å². The van der Waals surface area contributed by atoms with E-state index in [1.165, 1.54) is 12.8 Å². The van der Waals surface area contributed by atoms with Gasteiger partial charge in [0.1, 0.15) is 11.6 Å². The Morgan fingerprint density at radius 2 is 1.76 bits per heavy atom. The standard InChI is InChI=1S/C17H28N6OS/c1-3-18-17(25)21-16-19-14(22-6-4-13(2)5-7-22)12-15(20-16)23-8-10-24-11-9-23/h12-13H,3-11H2,1-2H3,(H2,18,19,20,21,25). The summed E-state index contributed by atoms with van der Waals surface area (Å²) in [5.74, 6) is 3.26. The number of anilines is 3. The van der Waals surface area contributed by atoms with Gasteiger partial charge < -0.3 is 25.2 Å². The molecule has 2 aliphatic heterocycles. The topological polar surface area (TPSA) is 65.6 Å². The molecular formula is C17H28N6OS. The Morgan fingerprint density at radius 1 is 1.16 bits per heavy atom. The Bertz CT molecular complexity index is 585. The van der Waals surface area contributed by atoms with Gasteiger partial charge in [0.2, 0.25) is 5.95 Å². The fraction of sp³-hybridized carbons (Fsp3) is 0.706. The van der Waals surface area contributed by atoms with Gasteiger partial charge in [0, 0.05) is 38.8 Å². The van der Waals surface area contributed by atoms with Crippen molar-refractivity contribution in [3.8, 4) is 0 Å². The van der Waals surface area contributed by atoms with Crippen LogP contribution in [0.5, 0.6) is 0 Å². The summed E-state index contributed by atoms with van der Waals surface area (Å²) in [6.07, 6.45) is 2.41. The maximum Gasteiger partial charge on any atom is 0.232 e. The highest BCUT2D eigenvalue weighted by molar-refractivity contribution is 7.80. The lowest BCUT2D eigenvalue weighted by molar-refractivity contribution is 0.122. The minimum Gasteiger partial charge on any atom is -0.378 e. The number of ether oxygens (including phenoxy) is 1. The van der Waals surface area contributed by atoms with Crippen LogP contribution in [-0.4, -0.2) is 61.0 Å². The molecule has 2 N–H and O–H groups in total. The number of thiocarbonyl (C=S) groups is 1. The largest absolute Gasteiger partial charge is 0.378 e. The van der Waals surface area contributed by atoms with Gasteiger partial charge in [0.05, 0.1) is 13.2 Å². The molecule has 1 aromatic heterocycles. The van der Waals surface area contributed by atoms with Crippen molar-refractivity contribution in [3.63, 3.8) is 0 Å². The van der Waals surface area contributed by atoms with Gasteiger partial charge in [-0.25, -0.2) is 0 Å². The first-order valence-corrected chi connectivity index (χ1v) is 9.58. The molecule has 3 heterocycles. The minimum atomic E-state index is 0.555. The highest BCUT2D eigenvalue weighted by atomic mass is 32.1. The maximum absolute atomic E-state index is 5.46. The number of aromatic nitrogens is 2. The molecule has 0 atom stereocenters. The van der Waals surface area contributed by atoms with E-state index in [2.05, 4.69) is 38.4 Å². The van der Waals surface area contributed by atoms with Gasteiger partial charge in [-0.1, -0.05) is 6.92 Å². The molecule has 138 valence electrons. The fourth-order valence-corrected chi connectivity index (χ4v) is 3.37. The molecule has 0 spiro atoms. The molecular weight excluding hydrogens is 336 g/mol. The van der Waals surface area contributed by atoms with E-state index >= 15 is 0 Å². The van der Waals surface area contributed by atoms with Gasteiger partial charge in [-0.15, -0.1) is 0 Å². The summed E-state index contributed by atoms with van der Waals surface area (Å²) in [5, 5.41) is 6.77. The predicted octanol–water partition coefficient (Wildman–Crippen LogP) is 1.86. The maximum atomic E-state index is 5.46. The Hall–Kier alpha value is -1.67. The third kappa shape index (κ3) is 4.92. The Kier molecular flexibility index (Phi) is 6.25. The normalized spacial score (nSPS) is 19.0. The first-order chi connectivity index (χ1) is 12.2. The van der Waals surface area contributed by atoms with Gasteiger partial charge in [0.25, 0.3) is 0 Å². The summed E-state index contributed by atoms with van der Waals surface area (Å²) in [7, 11) is 0. The average molecular weight is 365 g/mol. The molecule has 0 bridgehead atoms. The summed E-state index contributed by atoms with van der Waals surface area (Å²) in [6, 6.07) is 2.10. The number of hydrogen-bond donors (Lipinski definition) is 2. The fourth-order valence-electron chi connectivity index (χ4n) is 3.14. The first kappa shape index (κ1) is 18.1. The molecule has 0 unspecified atom stereocenters. The molecule has 0 amide bonds. The molecule has 8 heteroatoms. The second-order valence-electron chi connectivity index (χ2n) is 6.66. The van der Waals surface area contributed by atoms with Crippen LogP contribution in [0.2, 0.25) is 0 Å². The van der Waals surface area contributed by atoms with Crippen LogP contribution in [0.3, 0.4) is 0 Å². The van der Waals surface area contributed by atoms with Crippen molar-refractivity contribution in [1.82, 2.24) is 15.3 Å². The van der Waals surface area contributed by atoms with Crippen LogP contribution in [0.15, 0.2) is 6.07 Å². The molecule has 0 aromatic carbocycles. The number of morpholine rings is 1. The average Bonchev–Trinajstić information content (AvgIpc) is 2.63. The van der Waals surface area contributed by atoms with Crippen molar-refractivity contribution in [3.05, 3.63) is 6.07 Å². The van der Waals surface area contributed by atoms with Crippen LogP contribution in [-0.2, 0) is 4.74 Å². The molecule has 1 aromatic rings. The Morgan fingerprint density at radius 3 is 2.36 bits per heavy atom. The molecule has 25 heavy (non-hydrogen) atoms. The van der Waals surface area contributed by atoms with Crippen LogP contribution in [0, 0.1) is 5.92 Å². The van der Waals surface area contributed by atoms with Crippen LogP contribution in [0.4, 0.5) is 17.6 Å². The van der Waals surface area contributed by atoms with E-state index in [-0.39, 0.29) is 0 Å². The summed E-state index contributed by atoms with van der Waals surface area (Å²) >= 11 is 5.30. The van der Waals surface area contributed by atoms with E-state index in [1.54, 1.807) is 0 Å². The van der Waals surface area contributed by atoms with Crippen molar-refractivity contribution in [2.45, 2.75) is 26.7 Å². The Labute approximate surface area is 155 Å². The highest BCUT2D eigenvalue weighted by Gasteiger charge is 2.21. The van der Waals surface area contributed by atoms with E-state index < -0.39 is 0 Å². The first-order valence-electron chi connectivity index (χ1n) is 9.17. The molecule has 2 saturated heterocycles. The number of hydrogen-bond acceptors (Lipinski definition) is 6. The van der Waals surface area contributed by atoms with Gasteiger partial charge >= 0.3 is 0 Å². The molecule has 0 aliphatic carbocycles. The molecule has 0 radical (unpaired) electrons. The lowest BCUT2D eigenvalue weighted by Gasteiger charge is -2.33. The number of nitrogens with one attached hydrogen (secondary N) is 2. The summed E-state index contributed by atoms with van der Waals surface area (Å²) < 4.78 is 5.46. The van der Waals surface area contributed by atoms with Gasteiger partial charge in [0.15, 0.2) is 5.11 Å². The van der Waals surface area contributed by atoms with Crippen molar-refractivity contribution in [2.75, 3.05) is 61.1 Å². The molecule has 2 fully saturated rings. The molecule has 2 aliphatic rings. The second-order valence-corrected chi connectivity index (χ2v) is 7.07. The molecule has 3 rings (SSSR count). The monoisotopic (exact) mass is 364 g/mol. The quantitative estimate of drug-likeness (QED) is 0.785. The highest BCUT2D eigenvalue weighted by Crippen LogP contribution is 2.26. The second kappa shape index (κ2) is 8.62. The van der Waals surface area contributed by atoms with E-state index in [4.69, 9.17) is 21.9 Å². The van der Waals surface area contributed by atoms with Crippen LogP contribution < -0.4 is 20.4 Å². The van der Waals surface area contributed by atoms with Gasteiger partial charge in [-0.05, 0) is 37.9 Å². The van der Waals surface area contributed by atoms with Crippen molar-refractivity contribution in [2.24, 2.45) is 5.92 Å². The van der Waals surface area contributed by atoms with Gasteiger partial charge in [-0.3, -0.25) is 0 Å². The lowest BCUT2D eigenvalue weighted by atomic mass is 9.99. The van der Waals surface area contributed by atoms with E-state index in [9.17, 15) is 0 Å². The number of piperidine rings is 1. The molecule has 7 nitrogen and oxygen atoms in total. The SMILES string of the molecule is CCNC(=S)Nc1nc(N2CCOCC2)cc(N2CCC(C)CC2)n1. The van der Waals surface area contributed by atoms with Gasteiger partial charge in [-0.2, -0.15) is 9.97 Å². The van der Waals surface area contributed by atoms with Crippen molar-refractivity contribution >= 4 is 34.9 Å². The number of rotatable bonds is 4. The zero-order chi connectivity index (χ0) is 17.6.